The van der Waals surface area contributed by atoms with E-state index >= 15 is 0 Å². The highest BCUT2D eigenvalue weighted by Gasteiger charge is 2.33. The molecule has 100 valence electrons. The van der Waals surface area contributed by atoms with Crippen LogP contribution in [0.3, 0.4) is 0 Å². The minimum atomic E-state index is 0.788. The quantitative estimate of drug-likeness (QED) is 0.819. The van der Waals surface area contributed by atoms with Crippen LogP contribution in [0.4, 0.5) is 0 Å². The monoisotopic (exact) mass is 238 g/mol. The van der Waals surface area contributed by atoms with Gasteiger partial charge in [-0.2, -0.15) is 0 Å². The van der Waals surface area contributed by atoms with E-state index in [0.717, 1.165) is 30.5 Å². The van der Waals surface area contributed by atoms with Gasteiger partial charge in [-0.3, -0.25) is 4.90 Å². The highest BCUT2D eigenvalue weighted by molar-refractivity contribution is 4.87. The standard InChI is InChI=1S/C15H30N2/c1-12-9-13(2)11-15(10-12)17-8-4-3-5-14(17)6-7-16/h12-15H,3-11,16H2,1-2H3. The summed E-state index contributed by atoms with van der Waals surface area (Å²) in [4.78, 5) is 2.82. The molecule has 1 aliphatic heterocycles. The molecule has 0 aromatic carbocycles. The van der Waals surface area contributed by atoms with Gasteiger partial charge in [0.2, 0.25) is 0 Å². The molecule has 1 saturated carbocycles. The van der Waals surface area contributed by atoms with E-state index in [1.807, 2.05) is 0 Å². The van der Waals surface area contributed by atoms with Crippen molar-refractivity contribution in [3.05, 3.63) is 0 Å². The second kappa shape index (κ2) is 6.19. The van der Waals surface area contributed by atoms with E-state index in [1.165, 1.54) is 51.5 Å². The van der Waals surface area contributed by atoms with Gasteiger partial charge in [-0.15, -0.1) is 0 Å². The van der Waals surface area contributed by atoms with Crippen LogP contribution >= 0.6 is 0 Å². The van der Waals surface area contributed by atoms with E-state index < -0.39 is 0 Å². The molecule has 2 N–H and O–H groups in total. The first-order chi connectivity index (χ1) is 8.20. The van der Waals surface area contributed by atoms with Crippen molar-refractivity contribution in [1.29, 1.82) is 0 Å². The molecule has 3 atom stereocenters. The Morgan fingerprint density at radius 3 is 2.41 bits per heavy atom. The summed E-state index contributed by atoms with van der Waals surface area (Å²) in [5.74, 6) is 1.84. The second-order valence-electron chi connectivity index (χ2n) is 6.54. The molecule has 0 radical (unpaired) electrons. The summed E-state index contributed by atoms with van der Waals surface area (Å²) in [7, 11) is 0. The third-order valence-electron chi connectivity index (χ3n) is 4.80. The van der Waals surface area contributed by atoms with Gasteiger partial charge in [0.15, 0.2) is 0 Å². The number of hydrogen-bond donors (Lipinski definition) is 1. The van der Waals surface area contributed by atoms with E-state index in [0.29, 0.717) is 0 Å². The minimum absolute atomic E-state index is 0.788. The Labute approximate surface area is 107 Å². The molecule has 0 aromatic heterocycles. The van der Waals surface area contributed by atoms with Crippen LogP contribution in [-0.2, 0) is 0 Å². The number of rotatable bonds is 3. The van der Waals surface area contributed by atoms with Gasteiger partial charge in [-0.25, -0.2) is 0 Å². The van der Waals surface area contributed by atoms with Crippen molar-refractivity contribution in [2.45, 2.75) is 70.9 Å². The van der Waals surface area contributed by atoms with Crippen molar-refractivity contribution in [3.63, 3.8) is 0 Å². The Morgan fingerprint density at radius 2 is 1.76 bits per heavy atom. The topological polar surface area (TPSA) is 29.3 Å². The molecule has 2 rings (SSSR count). The Kier molecular flexibility index (Phi) is 4.87. The minimum Gasteiger partial charge on any atom is -0.330 e. The molecule has 2 heteroatoms. The van der Waals surface area contributed by atoms with Gasteiger partial charge >= 0.3 is 0 Å². The molecular weight excluding hydrogens is 208 g/mol. The van der Waals surface area contributed by atoms with Gasteiger partial charge in [-0.1, -0.05) is 20.3 Å². The predicted molar refractivity (Wildman–Crippen MR) is 74.0 cm³/mol. The third kappa shape index (κ3) is 3.45. The van der Waals surface area contributed by atoms with Crippen molar-refractivity contribution in [1.82, 2.24) is 4.90 Å². The van der Waals surface area contributed by atoms with Crippen LogP contribution < -0.4 is 5.73 Å². The third-order valence-corrected chi connectivity index (χ3v) is 4.80. The summed E-state index contributed by atoms with van der Waals surface area (Å²) in [6, 6.07) is 1.64. The van der Waals surface area contributed by atoms with Gasteiger partial charge in [0.25, 0.3) is 0 Å². The smallest absolute Gasteiger partial charge is 0.0110 e. The molecule has 2 nitrogen and oxygen atoms in total. The van der Waals surface area contributed by atoms with Gasteiger partial charge in [0.05, 0.1) is 0 Å². The molecule has 3 unspecified atom stereocenters. The zero-order chi connectivity index (χ0) is 12.3. The molecule has 1 saturated heterocycles. The summed E-state index contributed by atoms with van der Waals surface area (Å²) in [6.45, 7) is 7.06. The summed E-state index contributed by atoms with van der Waals surface area (Å²) in [6.07, 6.45) is 9.69. The Hall–Kier alpha value is -0.0800. The van der Waals surface area contributed by atoms with Crippen LogP contribution in [0.5, 0.6) is 0 Å². The first-order valence-corrected chi connectivity index (χ1v) is 7.66. The van der Waals surface area contributed by atoms with Crippen LogP contribution in [0.25, 0.3) is 0 Å². The largest absolute Gasteiger partial charge is 0.330 e. The van der Waals surface area contributed by atoms with Gasteiger partial charge in [0.1, 0.15) is 0 Å². The molecule has 0 aromatic rings. The van der Waals surface area contributed by atoms with Crippen molar-refractivity contribution < 1.29 is 0 Å². The van der Waals surface area contributed by atoms with E-state index in [4.69, 9.17) is 5.73 Å². The molecule has 17 heavy (non-hydrogen) atoms. The Balaban J connectivity index is 1.97. The van der Waals surface area contributed by atoms with E-state index in [2.05, 4.69) is 18.7 Å². The highest BCUT2D eigenvalue weighted by atomic mass is 15.2. The number of hydrogen-bond acceptors (Lipinski definition) is 2. The van der Waals surface area contributed by atoms with E-state index in [-0.39, 0.29) is 0 Å². The first kappa shape index (κ1) is 13.4. The van der Waals surface area contributed by atoms with E-state index in [9.17, 15) is 0 Å². The Morgan fingerprint density at radius 1 is 1.06 bits per heavy atom. The molecule has 0 spiro atoms. The van der Waals surface area contributed by atoms with Crippen molar-refractivity contribution >= 4 is 0 Å². The average Bonchev–Trinajstić information content (AvgIpc) is 2.29. The number of nitrogens with zero attached hydrogens (tertiary/aromatic N) is 1. The zero-order valence-corrected chi connectivity index (χ0v) is 11.7. The number of piperidine rings is 1. The molecule has 1 aliphatic carbocycles. The highest BCUT2D eigenvalue weighted by Crippen LogP contribution is 2.34. The molecule has 0 bridgehead atoms. The number of likely N-dealkylation sites (tertiary alicyclic amines) is 1. The lowest BCUT2D eigenvalue weighted by atomic mass is 9.78. The van der Waals surface area contributed by atoms with Crippen molar-refractivity contribution in [3.8, 4) is 0 Å². The SMILES string of the molecule is CC1CC(C)CC(N2CCCCC2CCN)C1. The lowest BCUT2D eigenvalue weighted by molar-refractivity contribution is 0.0440. The summed E-state index contributed by atoms with van der Waals surface area (Å²) in [5, 5.41) is 0. The first-order valence-electron chi connectivity index (χ1n) is 7.66. The fourth-order valence-corrected chi connectivity index (χ4v) is 4.18. The van der Waals surface area contributed by atoms with Crippen LogP contribution in [0.15, 0.2) is 0 Å². The summed E-state index contributed by atoms with van der Waals surface area (Å²) >= 11 is 0. The van der Waals surface area contributed by atoms with Crippen LogP contribution in [0, 0.1) is 11.8 Å². The van der Waals surface area contributed by atoms with Gasteiger partial charge in [0, 0.05) is 12.1 Å². The maximum absolute atomic E-state index is 5.78. The van der Waals surface area contributed by atoms with Crippen LogP contribution in [0.1, 0.15) is 58.8 Å². The maximum Gasteiger partial charge on any atom is 0.0110 e. The average molecular weight is 238 g/mol. The lowest BCUT2D eigenvalue weighted by Crippen LogP contribution is -2.49. The van der Waals surface area contributed by atoms with Crippen LogP contribution in [-0.4, -0.2) is 30.1 Å². The number of nitrogens with two attached hydrogens (primary N) is 1. The predicted octanol–water partition coefficient (Wildman–Crippen LogP) is 3.01. The van der Waals surface area contributed by atoms with Crippen LogP contribution in [0.2, 0.25) is 0 Å². The summed E-state index contributed by atoms with van der Waals surface area (Å²) in [5.41, 5.74) is 5.78. The fraction of sp³-hybridized carbons (Fsp3) is 1.00. The fourth-order valence-electron chi connectivity index (χ4n) is 4.18. The zero-order valence-electron chi connectivity index (χ0n) is 11.7. The second-order valence-corrected chi connectivity index (χ2v) is 6.54. The molecular formula is C15H30N2. The van der Waals surface area contributed by atoms with Crippen molar-refractivity contribution in [2.75, 3.05) is 13.1 Å². The molecule has 2 aliphatic rings. The molecule has 1 heterocycles. The molecule has 2 fully saturated rings. The lowest BCUT2D eigenvalue weighted by Gasteiger charge is -2.45. The van der Waals surface area contributed by atoms with Crippen molar-refractivity contribution in [2.24, 2.45) is 17.6 Å². The Bertz CT molecular complexity index is 217. The van der Waals surface area contributed by atoms with Gasteiger partial charge < -0.3 is 5.73 Å². The van der Waals surface area contributed by atoms with Gasteiger partial charge in [-0.05, 0) is 63.5 Å². The molecule has 0 amide bonds. The van der Waals surface area contributed by atoms with E-state index in [1.54, 1.807) is 0 Å². The normalized spacial score (nSPS) is 40.4. The summed E-state index contributed by atoms with van der Waals surface area (Å²) < 4.78 is 0. The maximum atomic E-state index is 5.78.